The maximum Gasteiger partial charge on any atom is 0.224 e. The molecule has 1 saturated carbocycles. The molecule has 1 atom stereocenters. The average molecular weight is 294 g/mol. The van der Waals surface area contributed by atoms with E-state index in [9.17, 15) is 9.59 Å². The van der Waals surface area contributed by atoms with Crippen LogP contribution in [0.1, 0.15) is 65.2 Å². The van der Waals surface area contributed by atoms with E-state index in [0.29, 0.717) is 31.3 Å². The van der Waals surface area contributed by atoms with Gasteiger partial charge < -0.3 is 10.2 Å². The molecule has 1 heterocycles. The highest BCUT2D eigenvalue weighted by Crippen LogP contribution is 2.27. The van der Waals surface area contributed by atoms with E-state index in [1.807, 2.05) is 4.90 Å². The Morgan fingerprint density at radius 3 is 2.48 bits per heavy atom. The summed E-state index contributed by atoms with van der Waals surface area (Å²) in [4.78, 5) is 26.5. The third-order valence-corrected chi connectivity index (χ3v) is 4.76. The third-order valence-electron chi connectivity index (χ3n) is 4.76. The summed E-state index contributed by atoms with van der Waals surface area (Å²) >= 11 is 0. The fourth-order valence-corrected chi connectivity index (χ4v) is 3.46. The lowest BCUT2D eigenvalue weighted by molar-refractivity contribution is -0.141. The van der Waals surface area contributed by atoms with E-state index in [4.69, 9.17) is 0 Å². The van der Waals surface area contributed by atoms with Crippen LogP contribution in [-0.2, 0) is 9.59 Å². The first-order valence-electron chi connectivity index (χ1n) is 8.65. The van der Waals surface area contributed by atoms with Gasteiger partial charge in [-0.05, 0) is 25.2 Å². The van der Waals surface area contributed by atoms with Crippen molar-refractivity contribution in [2.24, 2.45) is 11.8 Å². The van der Waals surface area contributed by atoms with Crippen LogP contribution in [0.25, 0.3) is 0 Å². The lowest BCUT2D eigenvalue weighted by Gasteiger charge is -2.37. The standard InChI is InChI=1S/C17H30N2O2/c1-13(2)11-18-17(21)14-9-10-16(20)19(12-14)15-7-5-3-4-6-8-15/h13-15H,3-12H2,1-2H3,(H,18,21). The zero-order chi connectivity index (χ0) is 15.2. The number of carbonyl (C=O) groups excluding carboxylic acids is 2. The highest BCUT2D eigenvalue weighted by molar-refractivity contribution is 5.84. The predicted octanol–water partition coefficient (Wildman–Crippen LogP) is 2.72. The summed E-state index contributed by atoms with van der Waals surface area (Å²) in [6.45, 7) is 5.56. The molecule has 4 nitrogen and oxygen atoms in total. The summed E-state index contributed by atoms with van der Waals surface area (Å²) < 4.78 is 0. The lowest BCUT2D eigenvalue weighted by Crippen LogP contribution is -2.50. The Kier molecular flexibility index (Phi) is 6.07. The van der Waals surface area contributed by atoms with Gasteiger partial charge in [0.1, 0.15) is 0 Å². The van der Waals surface area contributed by atoms with Gasteiger partial charge in [-0.15, -0.1) is 0 Å². The summed E-state index contributed by atoms with van der Waals surface area (Å²) in [6, 6.07) is 0.376. The van der Waals surface area contributed by atoms with Crippen LogP contribution in [0.4, 0.5) is 0 Å². The second-order valence-electron chi connectivity index (χ2n) is 7.07. The Balaban J connectivity index is 1.91. The minimum atomic E-state index is -0.00953. The van der Waals surface area contributed by atoms with Gasteiger partial charge in [0.05, 0.1) is 5.92 Å². The van der Waals surface area contributed by atoms with Gasteiger partial charge in [-0.3, -0.25) is 9.59 Å². The first kappa shape index (κ1) is 16.3. The molecule has 0 spiro atoms. The maximum atomic E-state index is 12.3. The number of piperidine rings is 1. The van der Waals surface area contributed by atoms with Gasteiger partial charge in [0.25, 0.3) is 0 Å². The summed E-state index contributed by atoms with van der Waals surface area (Å²) in [7, 11) is 0. The molecule has 4 heteroatoms. The van der Waals surface area contributed by atoms with Gasteiger partial charge in [-0.1, -0.05) is 39.5 Å². The van der Waals surface area contributed by atoms with Gasteiger partial charge in [0, 0.05) is 25.6 Å². The van der Waals surface area contributed by atoms with Crippen molar-refractivity contribution >= 4 is 11.8 Å². The first-order valence-corrected chi connectivity index (χ1v) is 8.65. The maximum absolute atomic E-state index is 12.3. The number of nitrogens with one attached hydrogen (secondary N) is 1. The molecule has 21 heavy (non-hydrogen) atoms. The van der Waals surface area contributed by atoms with Crippen molar-refractivity contribution in [3.63, 3.8) is 0 Å². The Bertz CT molecular complexity index is 360. The van der Waals surface area contributed by atoms with Gasteiger partial charge in [0.15, 0.2) is 0 Å². The number of nitrogens with zero attached hydrogens (tertiary/aromatic N) is 1. The number of carbonyl (C=O) groups is 2. The molecular weight excluding hydrogens is 264 g/mol. The molecule has 2 aliphatic rings. The minimum Gasteiger partial charge on any atom is -0.356 e. The minimum absolute atomic E-state index is 0.00953. The molecule has 1 saturated heterocycles. The largest absolute Gasteiger partial charge is 0.356 e. The van der Waals surface area contributed by atoms with Crippen LogP contribution in [0.15, 0.2) is 0 Å². The average Bonchev–Trinajstić information content (AvgIpc) is 2.74. The van der Waals surface area contributed by atoms with E-state index in [0.717, 1.165) is 19.4 Å². The molecule has 0 aromatic carbocycles. The SMILES string of the molecule is CC(C)CNC(=O)C1CCC(=O)N(C2CCCCCC2)C1. The number of likely N-dealkylation sites (tertiary alicyclic amines) is 1. The van der Waals surface area contributed by atoms with Crippen molar-refractivity contribution in [2.45, 2.75) is 71.3 Å². The van der Waals surface area contributed by atoms with E-state index in [2.05, 4.69) is 19.2 Å². The quantitative estimate of drug-likeness (QED) is 0.811. The van der Waals surface area contributed by atoms with Crippen LogP contribution < -0.4 is 5.32 Å². The molecule has 1 aliphatic heterocycles. The van der Waals surface area contributed by atoms with E-state index in [1.54, 1.807) is 0 Å². The second kappa shape index (κ2) is 7.81. The Morgan fingerprint density at radius 2 is 1.86 bits per heavy atom. The predicted molar refractivity (Wildman–Crippen MR) is 83.8 cm³/mol. The monoisotopic (exact) mass is 294 g/mol. The van der Waals surface area contributed by atoms with Crippen LogP contribution in [0.2, 0.25) is 0 Å². The van der Waals surface area contributed by atoms with E-state index in [-0.39, 0.29) is 17.7 Å². The zero-order valence-electron chi connectivity index (χ0n) is 13.6. The fraction of sp³-hybridized carbons (Fsp3) is 0.882. The molecule has 1 N–H and O–H groups in total. The molecule has 0 aromatic heterocycles. The van der Waals surface area contributed by atoms with Crippen LogP contribution >= 0.6 is 0 Å². The lowest BCUT2D eigenvalue weighted by atomic mass is 9.93. The van der Waals surface area contributed by atoms with E-state index >= 15 is 0 Å². The molecule has 120 valence electrons. The van der Waals surface area contributed by atoms with E-state index in [1.165, 1.54) is 25.7 Å². The fourth-order valence-electron chi connectivity index (χ4n) is 3.46. The summed E-state index contributed by atoms with van der Waals surface area (Å²) in [5.74, 6) is 0.853. The summed E-state index contributed by atoms with van der Waals surface area (Å²) in [5.41, 5.74) is 0. The topological polar surface area (TPSA) is 49.4 Å². The Hall–Kier alpha value is -1.06. The summed E-state index contributed by atoms with van der Waals surface area (Å²) in [6.07, 6.45) is 8.51. The van der Waals surface area contributed by atoms with Gasteiger partial charge >= 0.3 is 0 Å². The molecule has 0 aromatic rings. The number of amides is 2. The first-order chi connectivity index (χ1) is 10.1. The van der Waals surface area contributed by atoms with Gasteiger partial charge in [0.2, 0.25) is 11.8 Å². The molecule has 1 unspecified atom stereocenters. The van der Waals surface area contributed by atoms with Crippen LogP contribution in [0.3, 0.4) is 0 Å². The molecule has 0 radical (unpaired) electrons. The number of hydrogen-bond donors (Lipinski definition) is 1. The highest BCUT2D eigenvalue weighted by Gasteiger charge is 2.34. The molecule has 2 fully saturated rings. The zero-order valence-corrected chi connectivity index (χ0v) is 13.6. The van der Waals surface area contributed by atoms with Gasteiger partial charge in [-0.2, -0.15) is 0 Å². The molecule has 2 rings (SSSR count). The third kappa shape index (κ3) is 4.72. The molecule has 1 aliphatic carbocycles. The molecule has 0 bridgehead atoms. The molecule has 2 amide bonds. The van der Waals surface area contributed by atoms with Crippen molar-refractivity contribution < 1.29 is 9.59 Å². The van der Waals surface area contributed by atoms with Crippen molar-refractivity contribution in [1.29, 1.82) is 0 Å². The highest BCUT2D eigenvalue weighted by atomic mass is 16.2. The number of hydrogen-bond acceptors (Lipinski definition) is 2. The second-order valence-corrected chi connectivity index (χ2v) is 7.07. The van der Waals surface area contributed by atoms with Crippen LogP contribution in [-0.4, -0.2) is 35.8 Å². The van der Waals surface area contributed by atoms with Crippen molar-refractivity contribution in [3.8, 4) is 0 Å². The van der Waals surface area contributed by atoms with Crippen molar-refractivity contribution in [3.05, 3.63) is 0 Å². The van der Waals surface area contributed by atoms with E-state index < -0.39 is 0 Å². The molecular formula is C17H30N2O2. The van der Waals surface area contributed by atoms with Crippen LogP contribution in [0, 0.1) is 11.8 Å². The van der Waals surface area contributed by atoms with Crippen molar-refractivity contribution in [2.75, 3.05) is 13.1 Å². The summed E-state index contributed by atoms with van der Waals surface area (Å²) in [5, 5.41) is 3.03. The number of rotatable bonds is 4. The Labute approximate surface area is 128 Å². The smallest absolute Gasteiger partial charge is 0.224 e. The van der Waals surface area contributed by atoms with Gasteiger partial charge in [-0.25, -0.2) is 0 Å². The normalized spacial score (nSPS) is 25.0. The van der Waals surface area contributed by atoms with Crippen LogP contribution in [0.5, 0.6) is 0 Å². The Morgan fingerprint density at radius 1 is 1.19 bits per heavy atom. The van der Waals surface area contributed by atoms with Crippen molar-refractivity contribution in [1.82, 2.24) is 10.2 Å².